The van der Waals surface area contributed by atoms with Crippen molar-refractivity contribution in [2.75, 3.05) is 13.2 Å². The number of aryl methyl sites for hydroxylation is 1. The smallest absolute Gasteiger partial charge is 0.223 e. The van der Waals surface area contributed by atoms with Crippen molar-refractivity contribution in [1.82, 2.24) is 15.1 Å². The Kier molecular flexibility index (Phi) is 4.53. The highest BCUT2D eigenvalue weighted by atomic mass is 16.5. The van der Waals surface area contributed by atoms with E-state index in [4.69, 9.17) is 4.74 Å². The summed E-state index contributed by atoms with van der Waals surface area (Å²) in [5.41, 5.74) is 3.31. The predicted molar refractivity (Wildman–Crippen MR) is 83.7 cm³/mol. The minimum Gasteiger partial charge on any atom is -0.381 e. The topological polar surface area (TPSA) is 56.1 Å². The van der Waals surface area contributed by atoms with Crippen LogP contribution in [0.15, 0.2) is 36.7 Å². The second-order valence-electron chi connectivity index (χ2n) is 5.68. The largest absolute Gasteiger partial charge is 0.381 e. The third-order valence-corrected chi connectivity index (χ3v) is 4.07. The van der Waals surface area contributed by atoms with Crippen molar-refractivity contribution >= 4 is 5.91 Å². The highest BCUT2D eigenvalue weighted by Gasteiger charge is 2.21. The lowest BCUT2D eigenvalue weighted by molar-refractivity contribution is -0.128. The summed E-state index contributed by atoms with van der Waals surface area (Å²) in [6, 6.07) is 8.08. The first kappa shape index (κ1) is 14.8. The number of carbonyl (C=O) groups excluding carboxylic acids is 1. The van der Waals surface area contributed by atoms with E-state index in [-0.39, 0.29) is 11.8 Å². The lowest BCUT2D eigenvalue weighted by atomic mass is 9.99. The van der Waals surface area contributed by atoms with Gasteiger partial charge in [0.1, 0.15) is 0 Å². The molecule has 0 atom stereocenters. The van der Waals surface area contributed by atoms with Crippen molar-refractivity contribution in [2.45, 2.75) is 26.3 Å². The Balaban J connectivity index is 1.61. The monoisotopic (exact) mass is 299 g/mol. The van der Waals surface area contributed by atoms with Crippen LogP contribution in [0.4, 0.5) is 0 Å². The first-order chi connectivity index (χ1) is 10.7. The van der Waals surface area contributed by atoms with Crippen LogP contribution >= 0.6 is 0 Å². The van der Waals surface area contributed by atoms with Gasteiger partial charge in [0.15, 0.2) is 0 Å². The maximum atomic E-state index is 12.1. The van der Waals surface area contributed by atoms with Gasteiger partial charge >= 0.3 is 0 Å². The summed E-state index contributed by atoms with van der Waals surface area (Å²) in [7, 11) is 0. The Morgan fingerprint density at radius 1 is 1.41 bits per heavy atom. The molecule has 3 rings (SSSR count). The van der Waals surface area contributed by atoms with Crippen LogP contribution in [0.2, 0.25) is 0 Å². The third kappa shape index (κ3) is 3.36. The van der Waals surface area contributed by atoms with Gasteiger partial charge in [0.05, 0.1) is 5.69 Å². The number of benzene rings is 1. The molecule has 1 fully saturated rings. The standard InChI is InChI=1S/C17H21N3O2/c1-13-11-14(3-4-16(13)20-8-2-7-19-20)12-18-17(21)15-5-9-22-10-6-15/h2-4,7-8,11,15H,5-6,9-10,12H2,1H3,(H,18,21). The number of rotatable bonds is 4. The van der Waals surface area contributed by atoms with Crippen molar-refractivity contribution in [3.05, 3.63) is 47.8 Å². The summed E-state index contributed by atoms with van der Waals surface area (Å²) >= 11 is 0. The van der Waals surface area contributed by atoms with E-state index in [2.05, 4.69) is 23.4 Å². The van der Waals surface area contributed by atoms with Crippen LogP contribution in [0.3, 0.4) is 0 Å². The maximum Gasteiger partial charge on any atom is 0.223 e. The fourth-order valence-electron chi connectivity index (χ4n) is 2.79. The van der Waals surface area contributed by atoms with Gasteiger partial charge in [-0.2, -0.15) is 5.10 Å². The molecule has 5 nitrogen and oxygen atoms in total. The normalized spacial score (nSPS) is 15.7. The fraction of sp³-hybridized carbons (Fsp3) is 0.412. The number of carbonyl (C=O) groups is 1. The van der Waals surface area contributed by atoms with Gasteiger partial charge in [-0.1, -0.05) is 12.1 Å². The van der Waals surface area contributed by atoms with E-state index >= 15 is 0 Å². The average Bonchev–Trinajstić information content (AvgIpc) is 3.07. The minimum atomic E-state index is 0.0956. The molecular formula is C17H21N3O2. The lowest BCUT2D eigenvalue weighted by Crippen LogP contribution is -2.33. The zero-order valence-electron chi connectivity index (χ0n) is 12.8. The van der Waals surface area contributed by atoms with E-state index in [1.165, 1.54) is 0 Å². The molecule has 1 aromatic heterocycles. The van der Waals surface area contributed by atoms with E-state index < -0.39 is 0 Å². The van der Waals surface area contributed by atoms with E-state index in [1.54, 1.807) is 6.20 Å². The molecule has 0 bridgehead atoms. The number of amides is 1. The molecule has 1 aromatic carbocycles. The first-order valence-electron chi connectivity index (χ1n) is 7.69. The van der Waals surface area contributed by atoms with E-state index in [1.807, 2.05) is 29.1 Å². The minimum absolute atomic E-state index is 0.0956. The van der Waals surface area contributed by atoms with Crippen molar-refractivity contribution in [3.63, 3.8) is 0 Å². The molecule has 5 heteroatoms. The van der Waals surface area contributed by atoms with Crippen molar-refractivity contribution in [3.8, 4) is 5.69 Å². The SMILES string of the molecule is Cc1cc(CNC(=O)C2CCOCC2)ccc1-n1cccn1. The number of hydrogen-bond acceptors (Lipinski definition) is 3. The predicted octanol–water partition coefficient (Wildman–Crippen LogP) is 2.22. The number of aromatic nitrogens is 2. The molecular weight excluding hydrogens is 278 g/mol. The van der Waals surface area contributed by atoms with Crippen molar-refractivity contribution in [2.24, 2.45) is 5.92 Å². The molecule has 1 saturated heterocycles. The molecule has 0 spiro atoms. The zero-order valence-corrected chi connectivity index (χ0v) is 12.8. The zero-order chi connectivity index (χ0) is 15.4. The summed E-state index contributed by atoms with van der Waals surface area (Å²) < 4.78 is 7.14. The Morgan fingerprint density at radius 3 is 2.91 bits per heavy atom. The molecule has 22 heavy (non-hydrogen) atoms. The van der Waals surface area contributed by atoms with Crippen LogP contribution in [0.25, 0.3) is 5.69 Å². The molecule has 1 amide bonds. The van der Waals surface area contributed by atoms with Gasteiger partial charge in [-0.25, -0.2) is 4.68 Å². The summed E-state index contributed by atoms with van der Waals surface area (Å²) in [5, 5.41) is 7.28. The van der Waals surface area contributed by atoms with Crippen LogP contribution in [0.5, 0.6) is 0 Å². The van der Waals surface area contributed by atoms with E-state index in [0.717, 1.165) is 29.7 Å². The van der Waals surface area contributed by atoms with Gasteiger partial charge < -0.3 is 10.1 Å². The molecule has 0 radical (unpaired) electrons. The molecule has 1 aliphatic rings. The maximum absolute atomic E-state index is 12.1. The van der Waals surface area contributed by atoms with E-state index in [9.17, 15) is 4.79 Å². The Bertz CT molecular complexity index is 631. The van der Waals surface area contributed by atoms with Gasteiger partial charge in [0.25, 0.3) is 0 Å². The summed E-state index contributed by atoms with van der Waals surface area (Å²) in [6.07, 6.45) is 5.34. The van der Waals surface area contributed by atoms with Crippen LogP contribution in [-0.2, 0) is 16.1 Å². The molecule has 0 aliphatic carbocycles. The Morgan fingerprint density at radius 2 is 2.23 bits per heavy atom. The Hall–Kier alpha value is -2.14. The second-order valence-corrected chi connectivity index (χ2v) is 5.68. The third-order valence-electron chi connectivity index (χ3n) is 4.07. The van der Waals surface area contributed by atoms with Gasteiger partial charge in [0, 0.05) is 38.1 Å². The molecule has 0 unspecified atom stereocenters. The van der Waals surface area contributed by atoms with Gasteiger partial charge in [-0.3, -0.25) is 4.79 Å². The quantitative estimate of drug-likeness (QED) is 0.942. The highest BCUT2D eigenvalue weighted by Crippen LogP contribution is 2.17. The molecule has 2 aromatic rings. The number of nitrogens with zero attached hydrogens (tertiary/aromatic N) is 2. The number of ether oxygens (including phenoxy) is 1. The van der Waals surface area contributed by atoms with Crippen LogP contribution in [0.1, 0.15) is 24.0 Å². The average molecular weight is 299 g/mol. The summed E-state index contributed by atoms with van der Waals surface area (Å²) in [4.78, 5) is 12.1. The summed E-state index contributed by atoms with van der Waals surface area (Å²) in [6.45, 7) is 4.00. The van der Waals surface area contributed by atoms with Crippen LogP contribution in [0, 0.1) is 12.8 Å². The van der Waals surface area contributed by atoms with Gasteiger partial charge in [-0.05, 0) is 43.0 Å². The molecule has 0 saturated carbocycles. The lowest BCUT2D eigenvalue weighted by Gasteiger charge is -2.21. The number of hydrogen-bond donors (Lipinski definition) is 1. The fourth-order valence-corrected chi connectivity index (χ4v) is 2.79. The van der Waals surface area contributed by atoms with Crippen LogP contribution < -0.4 is 5.32 Å². The van der Waals surface area contributed by atoms with Gasteiger partial charge in [-0.15, -0.1) is 0 Å². The second kappa shape index (κ2) is 6.75. The van der Waals surface area contributed by atoms with Gasteiger partial charge in [0.2, 0.25) is 5.91 Å². The first-order valence-corrected chi connectivity index (χ1v) is 7.69. The molecule has 2 heterocycles. The molecule has 1 aliphatic heterocycles. The molecule has 1 N–H and O–H groups in total. The number of nitrogens with one attached hydrogen (secondary N) is 1. The Labute approximate surface area is 130 Å². The van der Waals surface area contributed by atoms with E-state index in [0.29, 0.717) is 19.8 Å². The highest BCUT2D eigenvalue weighted by molar-refractivity contribution is 5.78. The van der Waals surface area contributed by atoms with Crippen molar-refractivity contribution in [1.29, 1.82) is 0 Å². The summed E-state index contributed by atoms with van der Waals surface area (Å²) in [5.74, 6) is 0.232. The molecule has 116 valence electrons. The van der Waals surface area contributed by atoms with Crippen molar-refractivity contribution < 1.29 is 9.53 Å². The van der Waals surface area contributed by atoms with Crippen LogP contribution in [-0.4, -0.2) is 28.9 Å².